The van der Waals surface area contributed by atoms with E-state index in [0.717, 1.165) is 29.9 Å². The summed E-state index contributed by atoms with van der Waals surface area (Å²) in [5, 5.41) is 5.11. The van der Waals surface area contributed by atoms with Crippen LogP contribution in [-0.2, 0) is 11.3 Å². The number of hydrogen-bond donors (Lipinski definition) is 1. The van der Waals surface area contributed by atoms with Crippen molar-refractivity contribution in [2.24, 2.45) is 0 Å². The average molecular weight is 438 g/mol. The maximum absolute atomic E-state index is 12.8. The number of benzene rings is 2. The predicted octanol–water partition coefficient (Wildman–Crippen LogP) is 5.28. The van der Waals surface area contributed by atoms with E-state index in [2.05, 4.69) is 41.8 Å². The highest BCUT2D eigenvalue weighted by Crippen LogP contribution is 2.27. The third-order valence-corrected chi connectivity index (χ3v) is 5.93. The zero-order chi connectivity index (χ0) is 22.2. The first-order valence-corrected chi connectivity index (χ1v) is 11.3. The Labute approximate surface area is 189 Å². The minimum absolute atomic E-state index is 0.0626. The van der Waals surface area contributed by atoms with Crippen molar-refractivity contribution in [1.82, 2.24) is 4.90 Å². The molecule has 0 fully saturated rings. The van der Waals surface area contributed by atoms with Crippen molar-refractivity contribution < 1.29 is 9.53 Å². The van der Waals surface area contributed by atoms with Gasteiger partial charge in [-0.05, 0) is 61.8 Å². The summed E-state index contributed by atoms with van der Waals surface area (Å²) in [6, 6.07) is 19.7. The van der Waals surface area contributed by atoms with Crippen LogP contribution in [0.2, 0.25) is 0 Å². The maximum atomic E-state index is 12.8. The van der Waals surface area contributed by atoms with Gasteiger partial charge in [0.2, 0.25) is 0 Å². The molecule has 0 radical (unpaired) electrons. The Kier molecular flexibility index (Phi) is 8.23. The monoisotopic (exact) mass is 437 g/mol. The van der Waals surface area contributed by atoms with Gasteiger partial charge in [-0.2, -0.15) is 0 Å². The molecule has 1 unspecified atom stereocenters. The number of anilines is 2. The fourth-order valence-electron chi connectivity index (χ4n) is 3.35. The van der Waals surface area contributed by atoms with Crippen LogP contribution in [0.5, 0.6) is 0 Å². The zero-order valence-electron chi connectivity index (χ0n) is 18.7. The molecule has 1 N–H and O–H groups in total. The molecular formula is C25H31N3O2S. The molecule has 5 nitrogen and oxygen atoms in total. The van der Waals surface area contributed by atoms with E-state index in [4.69, 9.17) is 4.74 Å². The summed E-state index contributed by atoms with van der Waals surface area (Å²) in [6.45, 7) is 1.46. The lowest BCUT2D eigenvalue weighted by molar-refractivity contribution is 0.0319. The molecule has 0 aliphatic heterocycles. The van der Waals surface area contributed by atoms with Crippen LogP contribution in [0.15, 0.2) is 66.0 Å². The van der Waals surface area contributed by atoms with E-state index >= 15 is 0 Å². The first kappa shape index (κ1) is 23.0. The van der Waals surface area contributed by atoms with E-state index in [0.29, 0.717) is 12.2 Å². The van der Waals surface area contributed by atoms with E-state index in [1.165, 1.54) is 4.88 Å². The summed E-state index contributed by atoms with van der Waals surface area (Å²) in [4.78, 5) is 18.2. The van der Waals surface area contributed by atoms with Crippen LogP contribution in [0.3, 0.4) is 0 Å². The Balaban J connectivity index is 1.66. The SMILES string of the molecule is CN(C)CCC(OCc1cccc(NC(=O)c2ccccc2N(C)C)c1)c1cccs1. The number of hydrogen-bond acceptors (Lipinski definition) is 5. The van der Waals surface area contributed by atoms with Crippen molar-refractivity contribution in [3.63, 3.8) is 0 Å². The summed E-state index contributed by atoms with van der Waals surface area (Å²) in [5.74, 6) is -0.121. The van der Waals surface area contributed by atoms with E-state index < -0.39 is 0 Å². The zero-order valence-corrected chi connectivity index (χ0v) is 19.5. The van der Waals surface area contributed by atoms with Crippen molar-refractivity contribution >= 4 is 28.6 Å². The number of carbonyl (C=O) groups excluding carboxylic acids is 1. The average Bonchev–Trinajstić information content (AvgIpc) is 3.28. The molecule has 0 aliphatic carbocycles. The van der Waals surface area contributed by atoms with Gasteiger partial charge in [0.05, 0.1) is 18.3 Å². The number of carbonyl (C=O) groups is 1. The van der Waals surface area contributed by atoms with Gasteiger partial charge in [0.25, 0.3) is 5.91 Å². The highest BCUT2D eigenvalue weighted by molar-refractivity contribution is 7.10. The molecule has 2 aromatic carbocycles. The van der Waals surface area contributed by atoms with Gasteiger partial charge < -0.3 is 19.9 Å². The van der Waals surface area contributed by atoms with Gasteiger partial charge in [-0.3, -0.25) is 4.79 Å². The lowest BCUT2D eigenvalue weighted by Gasteiger charge is -2.19. The molecule has 31 heavy (non-hydrogen) atoms. The van der Waals surface area contributed by atoms with Crippen LogP contribution < -0.4 is 10.2 Å². The molecule has 1 aromatic heterocycles. The number of rotatable bonds is 10. The number of amides is 1. The molecule has 6 heteroatoms. The standard InChI is InChI=1S/C25H31N3O2S/c1-27(2)15-14-23(24-13-8-16-31-24)30-18-19-9-7-10-20(17-19)26-25(29)21-11-5-6-12-22(21)28(3)4/h5-13,16-17,23H,14-15,18H2,1-4H3,(H,26,29). The molecule has 0 aliphatic rings. The van der Waals surface area contributed by atoms with Gasteiger partial charge in [0.15, 0.2) is 0 Å². The van der Waals surface area contributed by atoms with Gasteiger partial charge in [-0.1, -0.05) is 30.3 Å². The Hall–Kier alpha value is -2.67. The lowest BCUT2D eigenvalue weighted by atomic mass is 10.1. The van der Waals surface area contributed by atoms with Crippen molar-refractivity contribution in [3.8, 4) is 0 Å². The van der Waals surface area contributed by atoms with Crippen LogP contribution in [0.1, 0.15) is 33.3 Å². The number of nitrogens with zero attached hydrogens (tertiary/aromatic N) is 2. The second-order valence-corrected chi connectivity index (χ2v) is 8.95. The van der Waals surface area contributed by atoms with Crippen LogP contribution >= 0.6 is 11.3 Å². The van der Waals surface area contributed by atoms with Gasteiger partial charge in [0.1, 0.15) is 0 Å². The van der Waals surface area contributed by atoms with Crippen LogP contribution in [0.4, 0.5) is 11.4 Å². The molecule has 1 atom stereocenters. The number of thiophene rings is 1. The summed E-state index contributed by atoms with van der Waals surface area (Å²) in [5.41, 5.74) is 3.33. The molecular weight excluding hydrogens is 406 g/mol. The molecule has 0 spiro atoms. The summed E-state index contributed by atoms with van der Waals surface area (Å²) in [6.07, 6.45) is 0.998. The first-order chi connectivity index (χ1) is 14.9. The number of para-hydroxylation sites is 1. The maximum Gasteiger partial charge on any atom is 0.257 e. The minimum Gasteiger partial charge on any atom is -0.377 e. The highest BCUT2D eigenvalue weighted by Gasteiger charge is 2.15. The summed E-state index contributed by atoms with van der Waals surface area (Å²) < 4.78 is 6.28. The van der Waals surface area contributed by atoms with Crippen LogP contribution in [0, 0.1) is 0 Å². The Morgan fingerprint density at radius 2 is 1.84 bits per heavy atom. The molecule has 1 heterocycles. The molecule has 3 rings (SSSR count). The van der Waals surface area contributed by atoms with Crippen molar-refractivity contribution in [3.05, 3.63) is 82.0 Å². The van der Waals surface area contributed by atoms with Crippen molar-refractivity contribution in [2.45, 2.75) is 19.1 Å². The van der Waals surface area contributed by atoms with Gasteiger partial charge in [-0.15, -0.1) is 11.3 Å². The van der Waals surface area contributed by atoms with Gasteiger partial charge >= 0.3 is 0 Å². The largest absolute Gasteiger partial charge is 0.377 e. The van der Waals surface area contributed by atoms with Crippen LogP contribution in [0.25, 0.3) is 0 Å². The summed E-state index contributed by atoms with van der Waals surface area (Å²) in [7, 11) is 8.02. The van der Waals surface area contributed by atoms with Crippen LogP contribution in [-0.4, -0.2) is 45.5 Å². The van der Waals surface area contributed by atoms with E-state index in [-0.39, 0.29) is 12.0 Å². The second-order valence-electron chi connectivity index (χ2n) is 7.97. The second kappa shape index (κ2) is 11.1. The summed E-state index contributed by atoms with van der Waals surface area (Å²) >= 11 is 1.73. The van der Waals surface area contributed by atoms with E-state index in [1.807, 2.05) is 67.5 Å². The minimum atomic E-state index is -0.121. The molecule has 0 saturated carbocycles. The Morgan fingerprint density at radius 3 is 2.55 bits per heavy atom. The molecule has 164 valence electrons. The Bertz CT molecular complexity index is 970. The molecule has 3 aromatic rings. The molecule has 0 saturated heterocycles. The fourth-order valence-corrected chi connectivity index (χ4v) is 4.16. The van der Waals surface area contributed by atoms with Gasteiger partial charge in [0, 0.05) is 36.9 Å². The molecule has 0 bridgehead atoms. The normalized spacial score (nSPS) is 12.0. The lowest BCUT2D eigenvalue weighted by Crippen LogP contribution is -2.18. The van der Waals surface area contributed by atoms with Crippen molar-refractivity contribution in [1.29, 1.82) is 0 Å². The number of nitrogens with one attached hydrogen (secondary N) is 1. The van der Waals surface area contributed by atoms with Gasteiger partial charge in [-0.25, -0.2) is 0 Å². The van der Waals surface area contributed by atoms with E-state index in [9.17, 15) is 4.79 Å². The number of ether oxygens (including phenoxy) is 1. The predicted molar refractivity (Wildman–Crippen MR) is 130 cm³/mol. The fraction of sp³-hybridized carbons (Fsp3) is 0.320. The third-order valence-electron chi connectivity index (χ3n) is 4.97. The van der Waals surface area contributed by atoms with Crippen molar-refractivity contribution in [2.75, 3.05) is 45.0 Å². The third kappa shape index (κ3) is 6.66. The molecule has 1 amide bonds. The topological polar surface area (TPSA) is 44.8 Å². The highest BCUT2D eigenvalue weighted by atomic mass is 32.1. The quantitative estimate of drug-likeness (QED) is 0.469. The van der Waals surface area contributed by atoms with E-state index in [1.54, 1.807) is 11.3 Å². The smallest absolute Gasteiger partial charge is 0.257 e. The Morgan fingerprint density at radius 1 is 1.03 bits per heavy atom. The first-order valence-electron chi connectivity index (χ1n) is 10.4.